The smallest absolute Gasteiger partial charge is 0.203 e. The molecule has 1 N–H and O–H groups in total. The maximum Gasteiger partial charge on any atom is 0.203 e. The van der Waals surface area contributed by atoms with E-state index >= 15 is 0 Å². The highest BCUT2D eigenvalue weighted by atomic mass is 15.5. The molecule has 10 heteroatoms. The van der Waals surface area contributed by atoms with Crippen molar-refractivity contribution in [1.29, 1.82) is 5.26 Å². The SMILES string of the molecule is Cc1nc2c(N=Nc3c(C#N)cnn3-c3cccnc3)c(C)[nH]n2n1. The third-order valence-corrected chi connectivity index (χ3v) is 3.55. The first-order valence-electron chi connectivity index (χ1n) is 7.39. The average Bonchev–Trinajstić information content (AvgIpc) is 3.26. The molecule has 0 aliphatic heterocycles. The van der Waals surface area contributed by atoms with Crippen LogP contribution in [-0.4, -0.2) is 34.6 Å². The third-order valence-electron chi connectivity index (χ3n) is 3.55. The van der Waals surface area contributed by atoms with Crippen LogP contribution in [0.4, 0.5) is 11.5 Å². The van der Waals surface area contributed by atoms with Gasteiger partial charge in [0.25, 0.3) is 0 Å². The zero-order valence-corrected chi connectivity index (χ0v) is 13.4. The first-order valence-corrected chi connectivity index (χ1v) is 7.39. The van der Waals surface area contributed by atoms with Gasteiger partial charge in [0.05, 0.1) is 23.8 Å². The summed E-state index contributed by atoms with van der Waals surface area (Å²) in [6.45, 7) is 3.64. The molecule has 4 rings (SSSR count). The fourth-order valence-corrected chi connectivity index (χ4v) is 2.43. The van der Waals surface area contributed by atoms with Crippen LogP contribution in [0.3, 0.4) is 0 Å². The van der Waals surface area contributed by atoms with Crippen LogP contribution in [0.1, 0.15) is 17.1 Å². The highest BCUT2D eigenvalue weighted by Gasteiger charge is 2.15. The van der Waals surface area contributed by atoms with Crippen molar-refractivity contribution in [3.63, 3.8) is 0 Å². The van der Waals surface area contributed by atoms with Crippen LogP contribution in [0.2, 0.25) is 0 Å². The Morgan fingerprint density at radius 1 is 1.24 bits per heavy atom. The van der Waals surface area contributed by atoms with Crippen molar-refractivity contribution >= 4 is 17.2 Å². The van der Waals surface area contributed by atoms with Gasteiger partial charge in [-0.2, -0.15) is 15.0 Å². The van der Waals surface area contributed by atoms with Crippen molar-refractivity contribution < 1.29 is 0 Å². The molecule has 0 aliphatic rings. The summed E-state index contributed by atoms with van der Waals surface area (Å²) >= 11 is 0. The van der Waals surface area contributed by atoms with Gasteiger partial charge in [0.15, 0.2) is 11.5 Å². The quantitative estimate of drug-likeness (QED) is 0.577. The van der Waals surface area contributed by atoms with Gasteiger partial charge < -0.3 is 0 Å². The topological polar surface area (TPSA) is 125 Å². The summed E-state index contributed by atoms with van der Waals surface area (Å²) in [7, 11) is 0. The van der Waals surface area contributed by atoms with Crippen LogP contribution in [0.15, 0.2) is 41.0 Å². The molecule has 10 nitrogen and oxygen atoms in total. The standard InChI is InChI=1S/C15H12N10/c1-9-13(15-19-10(2)23-25(15)22-9)20-21-14-11(6-16)7-18-24(14)12-4-3-5-17-8-12/h3-5,7-8,22H,1-2H3. The van der Waals surface area contributed by atoms with Gasteiger partial charge in [0.1, 0.15) is 17.5 Å². The van der Waals surface area contributed by atoms with Gasteiger partial charge in [-0.1, -0.05) is 0 Å². The van der Waals surface area contributed by atoms with Crippen LogP contribution < -0.4 is 0 Å². The maximum absolute atomic E-state index is 9.31. The van der Waals surface area contributed by atoms with E-state index in [0.29, 0.717) is 34.2 Å². The summed E-state index contributed by atoms with van der Waals surface area (Å²) in [4.78, 5) is 8.39. The molecule has 0 aliphatic carbocycles. The number of nitriles is 1. The van der Waals surface area contributed by atoms with Crippen molar-refractivity contribution in [2.45, 2.75) is 13.8 Å². The van der Waals surface area contributed by atoms with Gasteiger partial charge in [-0.3, -0.25) is 10.1 Å². The molecule has 122 valence electrons. The molecule has 0 amide bonds. The van der Waals surface area contributed by atoms with Crippen molar-refractivity contribution in [3.05, 3.63) is 47.8 Å². The van der Waals surface area contributed by atoms with Crippen molar-refractivity contribution in [2.24, 2.45) is 10.2 Å². The summed E-state index contributed by atoms with van der Waals surface area (Å²) in [6, 6.07) is 5.68. The van der Waals surface area contributed by atoms with Crippen molar-refractivity contribution in [3.8, 4) is 11.8 Å². The number of nitrogens with one attached hydrogen (secondary N) is 1. The molecule has 4 aromatic heterocycles. The monoisotopic (exact) mass is 332 g/mol. The lowest BCUT2D eigenvalue weighted by atomic mass is 10.3. The molecule has 0 saturated carbocycles. The number of H-pyrrole nitrogens is 1. The number of hydrogen-bond donors (Lipinski definition) is 1. The van der Waals surface area contributed by atoms with Crippen molar-refractivity contribution in [2.75, 3.05) is 0 Å². The molecule has 0 fully saturated rings. The molecule has 0 radical (unpaired) electrons. The number of pyridine rings is 1. The minimum Gasteiger partial charge on any atom is -0.278 e. The maximum atomic E-state index is 9.31. The minimum absolute atomic E-state index is 0.314. The number of aromatic nitrogens is 7. The Morgan fingerprint density at radius 2 is 2.12 bits per heavy atom. The second-order valence-electron chi connectivity index (χ2n) is 5.30. The van der Waals surface area contributed by atoms with E-state index in [-0.39, 0.29) is 0 Å². The van der Waals surface area contributed by atoms with E-state index in [0.717, 1.165) is 5.69 Å². The predicted molar refractivity (Wildman–Crippen MR) is 87.1 cm³/mol. The lowest BCUT2D eigenvalue weighted by Crippen LogP contribution is -1.95. The van der Waals surface area contributed by atoms with E-state index in [1.807, 2.05) is 13.0 Å². The number of hydrogen-bond acceptors (Lipinski definition) is 7. The van der Waals surface area contributed by atoms with Gasteiger partial charge >= 0.3 is 0 Å². The van der Waals surface area contributed by atoms with Gasteiger partial charge in [-0.15, -0.1) is 15.3 Å². The van der Waals surface area contributed by atoms with Gasteiger partial charge in [0, 0.05) is 6.20 Å². The Labute approximate surface area is 141 Å². The van der Waals surface area contributed by atoms with Crippen molar-refractivity contribution in [1.82, 2.24) is 34.6 Å². The lowest BCUT2D eigenvalue weighted by molar-refractivity contribution is 0.793. The van der Waals surface area contributed by atoms with Gasteiger partial charge in [-0.05, 0) is 26.0 Å². The van der Waals surface area contributed by atoms with Crippen LogP contribution in [0.25, 0.3) is 11.3 Å². The largest absolute Gasteiger partial charge is 0.278 e. The van der Waals surface area contributed by atoms with E-state index in [1.54, 1.807) is 30.0 Å². The molecule has 4 aromatic rings. The summed E-state index contributed by atoms with van der Waals surface area (Å²) in [5.41, 5.74) is 2.90. The zero-order chi connectivity index (χ0) is 17.4. The summed E-state index contributed by atoms with van der Waals surface area (Å²) < 4.78 is 3.06. The van der Waals surface area contributed by atoms with E-state index in [2.05, 4.69) is 41.6 Å². The molecule has 0 saturated heterocycles. The minimum atomic E-state index is 0.314. The predicted octanol–water partition coefficient (Wildman–Crippen LogP) is 2.54. The first kappa shape index (κ1) is 14.7. The highest BCUT2D eigenvalue weighted by Crippen LogP contribution is 2.28. The number of azo groups is 1. The molecule has 0 atom stereocenters. The fourth-order valence-electron chi connectivity index (χ4n) is 2.43. The summed E-state index contributed by atoms with van der Waals surface area (Å²) in [5, 5.41) is 29.3. The molecular weight excluding hydrogens is 320 g/mol. The van der Waals surface area contributed by atoms with Gasteiger partial charge in [0.2, 0.25) is 5.65 Å². The van der Waals surface area contributed by atoms with Crippen LogP contribution >= 0.6 is 0 Å². The third kappa shape index (κ3) is 2.43. The Hall–Kier alpha value is -3.87. The normalized spacial score (nSPS) is 11.4. The highest BCUT2D eigenvalue weighted by molar-refractivity contribution is 5.66. The Kier molecular flexibility index (Phi) is 3.32. The van der Waals surface area contributed by atoms with Crippen LogP contribution in [-0.2, 0) is 0 Å². The number of rotatable bonds is 3. The molecule has 0 spiro atoms. The van der Waals surface area contributed by atoms with E-state index in [1.165, 1.54) is 10.9 Å². The Morgan fingerprint density at radius 3 is 2.88 bits per heavy atom. The molecule has 0 unspecified atom stereocenters. The second-order valence-corrected chi connectivity index (χ2v) is 5.30. The molecule has 0 bridgehead atoms. The molecule has 25 heavy (non-hydrogen) atoms. The molecule has 0 aromatic carbocycles. The van der Waals surface area contributed by atoms with Gasteiger partial charge in [-0.25, -0.2) is 9.67 Å². The number of nitrogens with zero attached hydrogens (tertiary/aromatic N) is 9. The van der Waals surface area contributed by atoms with E-state index in [9.17, 15) is 5.26 Å². The number of aromatic amines is 1. The molecular formula is C15H12N10. The summed E-state index contributed by atoms with van der Waals surface area (Å²) in [5.74, 6) is 0.950. The average molecular weight is 332 g/mol. The molecule has 4 heterocycles. The number of aryl methyl sites for hydroxylation is 2. The Balaban J connectivity index is 1.82. The first-order chi connectivity index (χ1) is 12.2. The summed E-state index contributed by atoms with van der Waals surface area (Å²) in [6.07, 6.45) is 4.74. The van der Waals surface area contributed by atoms with Crippen LogP contribution in [0, 0.1) is 25.2 Å². The second kappa shape index (κ2) is 5.64. The number of fused-ring (bicyclic) bond motifs is 1. The van der Waals surface area contributed by atoms with E-state index < -0.39 is 0 Å². The van der Waals surface area contributed by atoms with E-state index in [4.69, 9.17) is 0 Å². The fraction of sp³-hybridized carbons (Fsp3) is 0.133. The Bertz CT molecular complexity index is 1120. The van der Waals surface area contributed by atoms with Crippen LogP contribution in [0.5, 0.6) is 0 Å². The zero-order valence-electron chi connectivity index (χ0n) is 13.4. The lowest BCUT2D eigenvalue weighted by Gasteiger charge is -2.02.